The summed E-state index contributed by atoms with van der Waals surface area (Å²) < 4.78 is 1.10. The Hall–Kier alpha value is -0.680. The van der Waals surface area contributed by atoms with Crippen molar-refractivity contribution in [2.75, 3.05) is 0 Å². The molecule has 4 heteroatoms. The molecule has 0 saturated carbocycles. The van der Waals surface area contributed by atoms with Gasteiger partial charge in [-0.25, -0.2) is 5.43 Å². The minimum atomic E-state index is 0.0431. The highest BCUT2D eigenvalue weighted by atomic mass is 79.9. The van der Waals surface area contributed by atoms with E-state index in [0.717, 1.165) is 10.9 Å². The number of thiophene rings is 1. The fourth-order valence-electron chi connectivity index (χ4n) is 1.81. The average Bonchev–Trinajstić information content (AvgIpc) is 2.78. The largest absolute Gasteiger partial charge is 0.271 e. The molecule has 0 spiro atoms. The number of aryl methyl sites for hydroxylation is 1. The van der Waals surface area contributed by atoms with Gasteiger partial charge in [-0.1, -0.05) is 31.2 Å². The van der Waals surface area contributed by atoms with Crippen molar-refractivity contribution in [3.05, 3.63) is 56.2 Å². The molecule has 0 bridgehead atoms. The highest BCUT2D eigenvalue weighted by Crippen LogP contribution is 2.31. The number of rotatable bonds is 4. The summed E-state index contributed by atoms with van der Waals surface area (Å²) in [6.07, 6.45) is 1.06. The van der Waals surface area contributed by atoms with Crippen LogP contribution in [-0.2, 0) is 6.42 Å². The molecule has 2 nitrogen and oxygen atoms in total. The molecule has 1 heterocycles. The number of benzene rings is 1. The predicted octanol–water partition coefficient (Wildman–Crippen LogP) is 3.63. The maximum absolute atomic E-state index is 5.67. The van der Waals surface area contributed by atoms with Crippen LogP contribution in [0.4, 0.5) is 0 Å². The Morgan fingerprint density at radius 3 is 2.47 bits per heavy atom. The second-order valence-electron chi connectivity index (χ2n) is 3.87. The van der Waals surface area contributed by atoms with E-state index in [9.17, 15) is 0 Å². The minimum Gasteiger partial charge on any atom is -0.271 e. The molecule has 0 fully saturated rings. The molecule has 0 aliphatic rings. The summed E-state index contributed by atoms with van der Waals surface area (Å²) in [5.74, 6) is 5.67. The van der Waals surface area contributed by atoms with Crippen molar-refractivity contribution in [2.45, 2.75) is 19.4 Å². The predicted molar refractivity (Wildman–Crippen MR) is 77.0 cm³/mol. The number of halogens is 1. The van der Waals surface area contributed by atoms with Crippen LogP contribution in [0.15, 0.2) is 39.5 Å². The van der Waals surface area contributed by atoms with Gasteiger partial charge in [0.25, 0.3) is 0 Å². The zero-order chi connectivity index (χ0) is 12.3. The van der Waals surface area contributed by atoms with Crippen molar-refractivity contribution < 1.29 is 0 Å². The molecule has 2 aromatic rings. The zero-order valence-corrected chi connectivity index (χ0v) is 12.0. The van der Waals surface area contributed by atoms with E-state index in [4.69, 9.17) is 5.84 Å². The molecule has 0 amide bonds. The Morgan fingerprint density at radius 1 is 1.29 bits per heavy atom. The van der Waals surface area contributed by atoms with E-state index in [2.05, 4.69) is 63.3 Å². The topological polar surface area (TPSA) is 38.0 Å². The van der Waals surface area contributed by atoms with Gasteiger partial charge in [-0.15, -0.1) is 0 Å². The fraction of sp³-hybridized carbons (Fsp3) is 0.231. The summed E-state index contributed by atoms with van der Waals surface area (Å²) in [4.78, 5) is 0. The molecule has 1 unspecified atom stereocenters. The van der Waals surface area contributed by atoms with Crippen LogP contribution in [0.2, 0.25) is 0 Å². The molecule has 0 aliphatic carbocycles. The first kappa shape index (κ1) is 12.8. The van der Waals surface area contributed by atoms with Crippen LogP contribution in [0.25, 0.3) is 0 Å². The monoisotopic (exact) mass is 310 g/mol. The standard InChI is InChI=1S/C13H15BrN2S/c1-2-9-3-5-10(6-4-9)13(16-15)11-7-17-8-12(11)14/h3-8,13,16H,2,15H2,1H3. The Balaban J connectivity index is 2.32. The van der Waals surface area contributed by atoms with Gasteiger partial charge < -0.3 is 0 Å². The third-order valence-electron chi connectivity index (χ3n) is 2.84. The average molecular weight is 311 g/mol. The summed E-state index contributed by atoms with van der Waals surface area (Å²) >= 11 is 5.22. The minimum absolute atomic E-state index is 0.0431. The highest BCUT2D eigenvalue weighted by Gasteiger charge is 2.15. The Kier molecular flexibility index (Phi) is 4.34. The van der Waals surface area contributed by atoms with Gasteiger partial charge in [0.05, 0.1) is 6.04 Å². The van der Waals surface area contributed by atoms with Crippen molar-refractivity contribution in [1.82, 2.24) is 5.43 Å². The molecule has 90 valence electrons. The van der Waals surface area contributed by atoms with Gasteiger partial charge in [0.15, 0.2) is 0 Å². The van der Waals surface area contributed by atoms with Gasteiger partial charge in [0.1, 0.15) is 0 Å². The van der Waals surface area contributed by atoms with Crippen LogP contribution in [0.5, 0.6) is 0 Å². The highest BCUT2D eigenvalue weighted by molar-refractivity contribution is 9.10. The fourth-order valence-corrected chi connectivity index (χ4v) is 3.36. The lowest BCUT2D eigenvalue weighted by Crippen LogP contribution is -2.28. The maximum atomic E-state index is 5.67. The molecule has 2 rings (SSSR count). The summed E-state index contributed by atoms with van der Waals surface area (Å²) in [6, 6.07) is 8.61. The molecular weight excluding hydrogens is 296 g/mol. The van der Waals surface area contributed by atoms with E-state index >= 15 is 0 Å². The summed E-state index contributed by atoms with van der Waals surface area (Å²) in [5, 5.41) is 4.18. The van der Waals surface area contributed by atoms with Crippen LogP contribution < -0.4 is 11.3 Å². The van der Waals surface area contributed by atoms with Crippen LogP contribution >= 0.6 is 27.3 Å². The molecule has 1 aromatic heterocycles. The molecular formula is C13H15BrN2S. The number of hydrazine groups is 1. The Morgan fingerprint density at radius 2 is 2.00 bits per heavy atom. The van der Waals surface area contributed by atoms with Crippen molar-refractivity contribution in [3.8, 4) is 0 Å². The van der Waals surface area contributed by atoms with Crippen molar-refractivity contribution in [2.24, 2.45) is 5.84 Å². The molecule has 3 N–H and O–H groups in total. The van der Waals surface area contributed by atoms with Crippen LogP contribution in [0.1, 0.15) is 29.7 Å². The number of nitrogens with two attached hydrogens (primary N) is 1. The van der Waals surface area contributed by atoms with Gasteiger partial charge in [-0.3, -0.25) is 5.84 Å². The van der Waals surface area contributed by atoms with E-state index in [0.29, 0.717) is 0 Å². The summed E-state index contributed by atoms with van der Waals surface area (Å²) in [6.45, 7) is 2.16. The number of hydrogen-bond donors (Lipinski definition) is 2. The van der Waals surface area contributed by atoms with Gasteiger partial charge in [-0.05, 0) is 44.4 Å². The smallest absolute Gasteiger partial charge is 0.0729 e. The normalized spacial score (nSPS) is 12.6. The summed E-state index contributed by atoms with van der Waals surface area (Å²) in [5.41, 5.74) is 6.58. The lowest BCUT2D eigenvalue weighted by atomic mass is 10.00. The second kappa shape index (κ2) is 5.78. The van der Waals surface area contributed by atoms with E-state index in [-0.39, 0.29) is 6.04 Å². The third-order valence-corrected chi connectivity index (χ3v) is 4.59. The molecule has 1 aromatic carbocycles. The third kappa shape index (κ3) is 2.77. The molecule has 0 radical (unpaired) electrons. The molecule has 0 aliphatic heterocycles. The molecule has 1 atom stereocenters. The van der Waals surface area contributed by atoms with Crippen molar-refractivity contribution >= 4 is 27.3 Å². The maximum Gasteiger partial charge on any atom is 0.0729 e. The molecule has 17 heavy (non-hydrogen) atoms. The van der Waals surface area contributed by atoms with Gasteiger partial charge in [0, 0.05) is 9.85 Å². The first-order valence-corrected chi connectivity index (χ1v) is 7.26. The van der Waals surface area contributed by atoms with E-state index in [1.165, 1.54) is 16.7 Å². The van der Waals surface area contributed by atoms with Gasteiger partial charge >= 0.3 is 0 Å². The lowest BCUT2D eigenvalue weighted by molar-refractivity contribution is 0.636. The van der Waals surface area contributed by atoms with Gasteiger partial charge in [0.2, 0.25) is 0 Å². The van der Waals surface area contributed by atoms with Crippen molar-refractivity contribution in [1.29, 1.82) is 0 Å². The SMILES string of the molecule is CCc1ccc(C(NN)c2cscc2Br)cc1. The summed E-state index contributed by atoms with van der Waals surface area (Å²) in [7, 11) is 0. The Bertz CT molecular complexity index is 478. The van der Waals surface area contributed by atoms with Crippen LogP contribution in [0, 0.1) is 0 Å². The quantitative estimate of drug-likeness (QED) is 0.668. The number of hydrogen-bond acceptors (Lipinski definition) is 3. The first-order valence-electron chi connectivity index (χ1n) is 5.52. The van der Waals surface area contributed by atoms with E-state index in [1.807, 2.05) is 0 Å². The van der Waals surface area contributed by atoms with Gasteiger partial charge in [-0.2, -0.15) is 11.3 Å². The van der Waals surface area contributed by atoms with E-state index in [1.54, 1.807) is 11.3 Å². The zero-order valence-electron chi connectivity index (χ0n) is 9.61. The Labute approximate surface area is 114 Å². The second-order valence-corrected chi connectivity index (χ2v) is 5.47. The number of nitrogens with one attached hydrogen (secondary N) is 1. The van der Waals surface area contributed by atoms with E-state index < -0.39 is 0 Å². The van der Waals surface area contributed by atoms with Crippen LogP contribution in [-0.4, -0.2) is 0 Å². The first-order chi connectivity index (χ1) is 8.26. The van der Waals surface area contributed by atoms with Crippen molar-refractivity contribution in [3.63, 3.8) is 0 Å². The molecule has 0 saturated heterocycles. The van der Waals surface area contributed by atoms with Crippen LogP contribution in [0.3, 0.4) is 0 Å². The lowest BCUT2D eigenvalue weighted by Gasteiger charge is -2.16.